The number of ketones is 3. The van der Waals surface area contributed by atoms with Crippen LogP contribution in [-0.2, 0) is 32.8 Å². The lowest BCUT2D eigenvalue weighted by molar-refractivity contribution is -0.119. The Morgan fingerprint density at radius 1 is 0.886 bits per heavy atom. The van der Waals surface area contributed by atoms with Gasteiger partial charge in [-0.15, -0.1) is 23.2 Å². The van der Waals surface area contributed by atoms with Crippen LogP contribution in [0.4, 0.5) is 17.1 Å². The Morgan fingerprint density at radius 2 is 1.45 bits per heavy atom. The second-order valence-electron chi connectivity index (χ2n) is 10.3. The van der Waals surface area contributed by atoms with Gasteiger partial charge in [0.2, 0.25) is 5.91 Å². The predicted octanol–water partition coefficient (Wildman–Crippen LogP) is 3.71. The minimum absolute atomic E-state index is 0.0105. The summed E-state index contributed by atoms with van der Waals surface area (Å²) in [6.45, 7) is 5.75. The van der Waals surface area contributed by atoms with Crippen LogP contribution in [0.3, 0.4) is 0 Å². The van der Waals surface area contributed by atoms with E-state index in [1.807, 2.05) is 6.92 Å². The summed E-state index contributed by atoms with van der Waals surface area (Å²) in [4.78, 5) is 50.5. The highest BCUT2D eigenvalue weighted by molar-refractivity contribution is 7.86. The summed E-state index contributed by atoms with van der Waals surface area (Å²) in [6, 6.07) is 7.11. The van der Waals surface area contributed by atoms with Crippen molar-refractivity contribution in [3.8, 4) is 0 Å². The van der Waals surface area contributed by atoms with Crippen LogP contribution < -0.4 is 21.7 Å². The van der Waals surface area contributed by atoms with Crippen molar-refractivity contribution in [2.45, 2.75) is 38.8 Å². The maximum absolute atomic E-state index is 13.8. The highest BCUT2D eigenvalue weighted by Gasteiger charge is 2.36. The van der Waals surface area contributed by atoms with Crippen LogP contribution in [0.5, 0.6) is 0 Å². The fourth-order valence-electron chi connectivity index (χ4n) is 5.39. The number of rotatable bonds is 11. The molecule has 0 heterocycles. The third-order valence-electron chi connectivity index (χ3n) is 7.65. The van der Waals surface area contributed by atoms with Gasteiger partial charge in [0.25, 0.3) is 10.1 Å². The lowest BCUT2D eigenvalue weighted by Gasteiger charge is -2.27. The van der Waals surface area contributed by atoms with Crippen molar-refractivity contribution in [3.63, 3.8) is 0 Å². The van der Waals surface area contributed by atoms with E-state index in [9.17, 15) is 32.1 Å². The van der Waals surface area contributed by atoms with Gasteiger partial charge in [0.1, 0.15) is 10.8 Å². The van der Waals surface area contributed by atoms with E-state index < -0.39 is 38.2 Å². The molecule has 1 aliphatic rings. The SMILES string of the molecule is Cc1c(CNCC(=O)CCl)c(C)c(Nc2cc(S(=O)(=O)O)c(N)c3c2C(=O)c2ccccc2C3=O)c(C)c1CNC(=O)CCl. The molecule has 232 valence electrons. The van der Waals surface area contributed by atoms with Crippen LogP contribution in [-0.4, -0.2) is 54.5 Å². The van der Waals surface area contributed by atoms with Crippen molar-refractivity contribution in [2.75, 3.05) is 29.4 Å². The summed E-state index contributed by atoms with van der Waals surface area (Å²) in [7, 11) is -4.93. The average molecular weight is 662 g/mol. The predicted molar refractivity (Wildman–Crippen MR) is 168 cm³/mol. The lowest BCUT2D eigenvalue weighted by atomic mass is 9.82. The van der Waals surface area contributed by atoms with Crippen molar-refractivity contribution in [1.29, 1.82) is 0 Å². The Kier molecular flexibility index (Phi) is 9.81. The molecule has 6 N–H and O–H groups in total. The normalized spacial score (nSPS) is 12.5. The van der Waals surface area contributed by atoms with E-state index in [4.69, 9.17) is 28.9 Å². The molecule has 1 amide bonds. The van der Waals surface area contributed by atoms with Gasteiger partial charge in [-0.2, -0.15) is 8.42 Å². The number of alkyl halides is 2. The second kappa shape index (κ2) is 13.0. The fraction of sp³-hybridized carbons (Fsp3) is 0.267. The number of carbonyl (C=O) groups excluding carboxylic acids is 4. The zero-order valence-electron chi connectivity index (χ0n) is 24.1. The third-order valence-corrected chi connectivity index (χ3v) is 9.09. The second-order valence-corrected chi connectivity index (χ2v) is 12.2. The van der Waals surface area contributed by atoms with E-state index in [2.05, 4.69) is 16.0 Å². The van der Waals surface area contributed by atoms with Crippen LogP contribution >= 0.6 is 23.2 Å². The van der Waals surface area contributed by atoms with E-state index in [0.29, 0.717) is 22.4 Å². The molecule has 0 atom stereocenters. The van der Waals surface area contributed by atoms with Gasteiger partial charge in [-0.3, -0.25) is 23.7 Å². The monoisotopic (exact) mass is 660 g/mol. The highest BCUT2D eigenvalue weighted by Crippen LogP contribution is 2.42. The Bertz CT molecular complexity index is 1840. The Balaban J connectivity index is 1.96. The van der Waals surface area contributed by atoms with E-state index in [-0.39, 0.29) is 65.1 Å². The molecule has 44 heavy (non-hydrogen) atoms. The largest absolute Gasteiger partial charge is 0.397 e. The Morgan fingerprint density at radius 3 is 2.00 bits per heavy atom. The number of fused-ring (bicyclic) bond motifs is 2. The number of Topliss-reactive ketones (excluding diaryl/α,β-unsaturated/α-hetero) is 1. The molecule has 11 nitrogen and oxygen atoms in total. The Hall–Kier alpha value is -3.81. The summed E-state index contributed by atoms with van der Waals surface area (Å²) in [5.41, 5.74) is 9.20. The average Bonchev–Trinajstić information content (AvgIpc) is 2.99. The summed E-state index contributed by atoms with van der Waals surface area (Å²) in [6.07, 6.45) is 0. The minimum atomic E-state index is -4.93. The maximum Gasteiger partial charge on any atom is 0.296 e. The molecule has 0 unspecified atom stereocenters. The van der Waals surface area contributed by atoms with Crippen molar-refractivity contribution in [2.24, 2.45) is 0 Å². The van der Waals surface area contributed by atoms with E-state index in [0.717, 1.165) is 17.2 Å². The summed E-state index contributed by atoms with van der Waals surface area (Å²) >= 11 is 11.3. The smallest absolute Gasteiger partial charge is 0.296 e. The number of benzene rings is 3. The maximum atomic E-state index is 13.8. The van der Waals surface area contributed by atoms with E-state index in [1.165, 1.54) is 12.1 Å². The van der Waals surface area contributed by atoms with Gasteiger partial charge in [-0.1, -0.05) is 24.3 Å². The Labute approximate surface area is 264 Å². The van der Waals surface area contributed by atoms with Gasteiger partial charge in [0.05, 0.1) is 34.9 Å². The van der Waals surface area contributed by atoms with Crippen molar-refractivity contribution in [1.82, 2.24) is 10.6 Å². The molecule has 3 aromatic carbocycles. The van der Waals surface area contributed by atoms with Gasteiger partial charge < -0.3 is 21.7 Å². The number of nitrogen functional groups attached to an aromatic ring is 1. The molecular formula is C30H30Cl2N4O7S. The van der Waals surface area contributed by atoms with Crippen molar-refractivity contribution >= 4 is 73.6 Å². The van der Waals surface area contributed by atoms with Crippen molar-refractivity contribution in [3.05, 3.63) is 80.4 Å². The topological polar surface area (TPSA) is 185 Å². The molecule has 0 aromatic heterocycles. The molecule has 1 aliphatic carbocycles. The zero-order valence-corrected chi connectivity index (χ0v) is 26.4. The van der Waals surface area contributed by atoms with Crippen LogP contribution in [0.2, 0.25) is 0 Å². The molecule has 0 saturated carbocycles. The molecular weight excluding hydrogens is 631 g/mol. The molecule has 0 spiro atoms. The van der Waals surface area contributed by atoms with Gasteiger partial charge in [-0.05, 0) is 54.7 Å². The first kappa shape index (κ1) is 33.1. The number of carbonyl (C=O) groups is 4. The van der Waals surface area contributed by atoms with Gasteiger partial charge >= 0.3 is 0 Å². The summed E-state index contributed by atoms with van der Waals surface area (Å²) < 4.78 is 34.8. The first-order valence-corrected chi connectivity index (χ1v) is 15.9. The molecule has 0 radical (unpaired) electrons. The molecule has 14 heteroatoms. The zero-order chi connectivity index (χ0) is 32.5. The van der Waals surface area contributed by atoms with Crippen LogP contribution in [0.25, 0.3) is 0 Å². The van der Waals surface area contributed by atoms with E-state index >= 15 is 0 Å². The summed E-state index contributed by atoms with van der Waals surface area (Å²) in [5, 5.41) is 8.96. The third kappa shape index (κ3) is 6.21. The first-order valence-electron chi connectivity index (χ1n) is 13.3. The van der Waals surface area contributed by atoms with Gasteiger partial charge in [-0.25, -0.2) is 0 Å². The number of nitrogens with one attached hydrogen (secondary N) is 3. The standard InChI is InChI=1S/C30H30Cl2N4O7S/c1-14-20(12-34-11-17(37)9-31)15(2)28(16(3)21(14)13-35-24(38)10-32)36-22-8-23(44(41,42)43)27(33)26-25(22)29(39)18-6-4-5-7-19(18)30(26)40/h4-8,34,36H,9-13,33H2,1-3H3,(H,35,38)(H,41,42,43). The molecule has 0 bridgehead atoms. The van der Waals surface area contributed by atoms with Crippen LogP contribution in [0.15, 0.2) is 35.2 Å². The number of halogens is 2. The number of amides is 1. The number of nitrogens with two attached hydrogens (primary N) is 1. The van der Waals surface area contributed by atoms with Gasteiger partial charge in [0, 0.05) is 29.9 Å². The minimum Gasteiger partial charge on any atom is -0.397 e. The molecule has 0 fully saturated rings. The number of hydrogen-bond acceptors (Lipinski definition) is 9. The lowest BCUT2D eigenvalue weighted by Crippen LogP contribution is -2.27. The van der Waals surface area contributed by atoms with Crippen LogP contribution in [0, 0.1) is 20.8 Å². The highest BCUT2D eigenvalue weighted by atomic mass is 35.5. The molecule has 3 aromatic rings. The quantitative estimate of drug-likeness (QED) is 0.0902. The number of hydrogen-bond donors (Lipinski definition) is 5. The fourth-order valence-corrected chi connectivity index (χ4v) is 6.23. The number of anilines is 3. The van der Waals surface area contributed by atoms with Crippen LogP contribution in [0.1, 0.15) is 59.7 Å². The molecule has 4 rings (SSSR count). The molecule has 0 saturated heterocycles. The summed E-state index contributed by atoms with van der Waals surface area (Å²) in [5.74, 6) is -2.26. The van der Waals surface area contributed by atoms with E-state index in [1.54, 1.807) is 26.0 Å². The van der Waals surface area contributed by atoms with Gasteiger partial charge in [0.15, 0.2) is 17.3 Å². The first-order chi connectivity index (χ1) is 20.7. The molecule has 0 aliphatic heterocycles. The van der Waals surface area contributed by atoms with Crippen molar-refractivity contribution < 1.29 is 32.1 Å².